The largest absolute Gasteiger partial charge is 0.444 e. The Kier molecular flexibility index (Phi) is 7.87. The number of carbonyl (C=O) groups excluding carboxylic acids is 2. The van der Waals surface area contributed by atoms with Crippen molar-refractivity contribution in [2.45, 2.75) is 59.4 Å². The number of hydrogen-bond acceptors (Lipinski definition) is 8. The number of halogens is 1. The topological polar surface area (TPSA) is 110 Å². The number of fused-ring (bicyclic) bond motifs is 1. The summed E-state index contributed by atoms with van der Waals surface area (Å²) in [5.74, 6) is 0.934. The Labute approximate surface area is 249 Å². The second-order valence-electron chi connectivity index (χ2n) is 11.8. The molecule has 0 fully saturated rings. The van der Waals surface area contributed by atoms with Crippen LogP contribution in [0.1, 0.15) is 56.2 Å². The van der Waals surface area contributed by atoms with Gasteiger partial charge in [-0.15, -0.1) is 10.2 Å². The molecule has 12 heteroatoms. The van der Waals surface area contributed by atoms with Crippen molar-refractivity contribution in [2.75, 3.05) is 23.9 Å². The summed E-state index contributed by atoms with van der Waals surface area (Å²) in [6, 6.07) is 13.2. The predicted molar refractivity (Wildman–Crippen MR) is 161 cm³/mol. The van der Waals surface area contributed by atoms with E-state index >= 15 is 0 Å². The number of anilines is 2. The highest BCUT2D eigenvalue weighted by molar-refractivity contribution is 6.10. The number of carbonyl (C=O) groups is 2. The number of hydrogen-bond donors (Lipinski definition) is 0. The highest BCUT2D eigenvalue weighted by Gasteiger charge is 2.34. The van der Waals surface area contributed by atoms with Gasteiger partial charge in [0.2, 0.25) is 0 Å². The van der Waals surface area contributed by atoms with Crippen LogP contribution in [-0.4, -0.2) is 67.4 Å². The van der Waals surface area contributed by atoms with E-state index in [2.05, 4.69) is 10.2 Å². The molecule has 5 rings (SSSR count). The Morgan fingerprint density at radius 1 is 1.09 bits per heavy atom. The minimum atomic E-state index is -0.648. The third-order valence-corrected chi connectivity index (χ3v) is 7.11. The molecule has 4 heterocycles. The van der Waals surface area contributed by atoms with E-state index in [9.17, 15) is 14.0 Å². The molecule has 0 saturated heterocycles. The van der Waals surface area contributed by atoms with E-state index in [-0.39, 0.29) is 30.9 Å². The molecule has 2 amide bonds. The van der Waals surface area contributed by atoms with Gasteiger partial charge in [0.05, 0.1) is 24.3 Å². The minimum absolute atomic E-state index is 0.131. The fraction of sp³-hybridized carbons (Fsp3) is 0.355. The Bertz CT molecular complexity index is 1660. The molecule has 43 heavy (non-hydrogen) atoms. The van der Waals surface area contributed by atoms with Gasteiger partial charge in [-0.2, -0.15) is 0 Å². The summed E-state index contributed by atoms with van der Waals surface area (Å²) in [6.07, 6.45) is 1.05. The Morgan fingerprint density at radius 2 is 1.81 bits per heavy atom. The molecule has 1 aliphatic rings. The number of ether oxygens (including phenoxy) is 1. The summed E-state index contributed by atoms with van der Waals surface area (Å²) in [5.41, 5.74) is 2.35. The molecular weight excluding hydrogens is 551 g/mol. The fourth-order valence-corrected chi connectivity index (χ4v) is 4.64. The van der Waals surface area contributed by atoms with Crippen LogP contribution in [-0.2, 0) is 17.8 Å². The fourth-order valence-electron chi connectivity index (χ4n) is 4.64. The molecule has 0 spiro atoms. The minimum Gasteiger partial charge on any atom is -0.444 e. The molecule has 0 radical (unpaired) electrons. The average Bonchev–Trinajstić information content (AvgIpc) is 3.57. The van der Waals surface area contributed by atoms with Crippen LogP contribution in [0.4, 0.5) is 20.8 Å². The van der Waals surface area contributed by atoms with Crippen molar-refractivity contribution in [3.8, 4) is 17.2 Å². The average molecular weight is 587 g/mol. The lowest BCUT2D eigenvalue weighted by Gasteiger charge is -2.26. The maximum atomic E-state index is 13.9. The molecule has 0 N–H and O–H groups in total. The van der Waals surface area contributed by atoms with E-state index in [0.29, 0.717) is 40.1 Å². The van der Waals surface area contributed by atoms with Gasteiger partial charge in [-0.05, 0) is 77.1 Å². The third kappa shape index (κ3) is 6.18. The van der Waals surface area contributed by atoms with Gasteiger partial charge in [-0.3, -0.25) is 14.3 Å². The first-order valence-electron chi connectivity index (χ1n) is 14.0. The van der Waals surface area contributed by atoms with Gasteiger partial charge in [0, 0.05) is 31.4 Å². The van der Waals surface area contributed by atoms with E-state index in [1.807, 2.05) is 46.6 Å². The molecule has 3 aromatic heterocycles. The van der Waals surface area contributed by atoms with Gasteiger partial charge in [-0.25, -0.2) is 19.2 Å². The smallest absolute Gasteiger partial charge is 0.410 e. The normalized spacial score (nSPS) is 13.0. The maximum absolute atomic E-state index is 13.9. The summed E-state index contributed by atoms with van der Waals surface area (Å²) in [7, 11) is 3.57. The number of rotatable bonds is 7. The first kappa shape index (κ1) is 29.6. The van der Waals surface area contributed by atoms with Gasteiger partial charge < -0.3 is 14.5 Å². The van der Waals surface area contributed by atoms with Gasteiger partial charge in [-0.1, -0.05) is 6.07 Å². The monoisotopic (exact) mass is 586 g/mol. The van der Waals surface area contributed by atoms with Gasteiger partial charge in [0.1, 0.15) is 35.1 Å². The number of nitrogens with zero attached hydrogens (tertiary/aromatic N) is 8. The standard InChI is InChI=1S/C31H35FN8O3/c1-19(2)38(7)27-15-22-23(25(35-27)17-37(6)30(42)43-31(3,4)5)16-39(29(22)41)26-10-8-9-24(34-26)28-36-33-18-40(28)21-13-11-20(32)12-14-21/h8-15,18-19H,16-17H2,1-7H3. The Hall–Kier alpha value is -4.87. The van der Waals surface area contributed by atoms with E-state index in [0.717, 1.165) is 5.56 Å². The summed E-state index contributed by atoms with van der Waals surface area (Å²) < 4.78 is 20.8. The summed E-state index contributed by atoms with van der Waals surface area (Å²) >= 11 is 0. The van der Waals surface area contributed by atoms with Crippen LogP contribution in [0, 0.1) is 5.82 Å². The van der Waals surface area contributed by atoms with Crippen LogP contribution in [0.25, 0.3) is 17.2 Å². The lowest BCUT2D eigenvalue weighted by Crippen LogP contribution is -2.34. The first-order valence-corrected chi connectivity index (χ1v) is 14.0. The van der Waals surface area contributed by atoms with Crippen LogP contribution in [0.15, 0.2) is 54.9 Å². The highest BCUT2D eigenvalue weighted by atomic mass is 19.1. The highest BCUT2D eigenvalue weighted by Crippen LogP contribution is 2.33. The second kappa shape index (κ2) is 11.4. The van der Waals surface area contributed by atoms with Crippen molar-refractivity contribution in [3.63, 3.8) is 0 Å². The molecule has 11 nitrogen and oxygen atoms in total. The molecule has 0 saturated carbocycles. The second-order valence-corrected chi connectivity index (χ2v) is 11.8. The van der Waals surface area contributed by atoms with E-state index in [1.165, 1.54) is 23.4 Å². The van der Waals surface area contributed by atoms with Crippen LogP contribution in [0.3, 0.4) is 0 Å². The van der Waals surface area contributed by atoms with Crippen molar-refractivity contribution in [1.82, 2.24) is 29.6 Å². The van der Waals surface area contributed by atoms with Crippen molar-refractivity contribution < 1.29 is 18.7 Å². The maximum Gasteiger partial charge on any atom is 0.410 e. The quantitative estimate of drug-likeness (QED) is 0.289. The summed E-state index contributed by atoms with van der Waals surface area (Å²) in [6.45, 7) is 9.90. The zero-order chi connectivity index (χ0) is 31.1. The van der Waals surface area contributed by atoms with Gasteiger partial charge in [0.25, 0.3) is 5.91 Å². The van der Waals surface area contributed by atoms with Crippen molar-refractivity contribution in [1.29, 1.82) is 0 Å². The third-order valence-electron chi connectivity index (χ3n) is 7.11. The SMILES string of the molecule is CC(C)N(C)c1cc2c(c(CN(C)C(=O)OC(C)(C)C)n1)CN(c1cccc(-c3nncn3-c3ccc(F)cc3)n1)C2=O. The molecule has 4 aromatic rings. The Morgan fingerprint density at radius 3 is 2.49 bits per heavy atom. The zero-order valence-electron chi connectivity index (χ0n) is 25.4. The van der Waals surface area contributed by atoms with Crippen molar-refractivity contribution in [3.05, 3.63) is 77.5 Å². The van der Waals surface area contributed by atoms with Crippen LogP contribution >= 0.6 is 0 Å². The lowest BCUT2D eigenvalue weighted by molar-refractivity contribution is 0.0282. The van der Waals surface area contributed by atoms with Gasteiger partial charge in [0.15, 0.2) is 5.82 Å². The number of aromatic nitrogens is 5. The van der Waals surface area contributed by atoms with E-state index < -0.39 is 11.7 Å². The van der Waals surface area contributed by atoms with Gasteiger partial charge >= 0.3 is 6.09 Å². The van der Waals surface area contributed by atoms with Crippen LogP contribution in [0.2, 0.25) is 0 Å². The van der Waals surface area contributed by atoms with Crippen LogP contribution < -0.4 is 9.80 Å². The molecule has 1 aromatic carbocycles. The predicted octanol–water partition coefficient (Wildman–Crippen LogP) is 5.24. The molecule has 0 atom stereocenters. The molecule has 0 bridgehead atoms. The van der Waals surface area contributed by atoms with E-state index in [1.54, 1.807) is 52.9 Å². The van der Waals surface area contributed by atoms with Crippen molar-refractivity contribution in [2.24, 2.45) is 0 Å². The molecule has 0 unspecified atom stereocenters. The molecule has 1 aliphatic heterocycles. The van der Waals surface area contributed by atoms with Crippen molar-refractivity contribution >= 4 is 23.6 Å². The number of amides is 2. The molecule has 224 valence electrons. The lowest BCUT2D eigenvalue weighted by atomic mass is 10.1. The van der Waals surface area contributed by atoms with Crippen LogP contribution in [0.5, 0.6) is 0 Å². The summed E-state index contributed by atoms with van der Waals surface area (Å²) in [4.78, 5) is 41.4. The number of benzene rings is 1. The first-order chi connectivity index (χ1) is 20.3. The van der Waals surface area contributed by atoms with E-state index in [4.69, 9.17) is 14.7 Å². The zero-order valence-corrected chi connectivity index (χ0v) is 25.4. The molecular formula is C31H35FN8O3. The molecule has 0 aliphatic carbocycles. The Balaban J connectivity index is 1.49. The number of pyridine rings is 2. The summed E-state index contributed by atoms with van der Waals surface area (Å²) in [5, 5.41) is 8.27.